The maximum absolute atomic E-state index is 11.3. The molecule has 1 saturated carbocycles. The van der Waals surface area contributed by atoms with Crippen LogP contribution in [0.5, 0.6) is 0 Å². The molecule has 4 heteroatoms. The summed E-state index contributed by atoms with van der Waals surface area (Å²) in [6.45, 7) is 3.85. The number of hydrogen-bond donors (Lipinski definition) is 2. The average molecular weight is 255 g/mol. The molecule has 0 radical (unpaired) electrons. The molecule has 0 spiro atoms. The highest BCUT2D eigenvalue weighted by Gasteiger charge is 2.25. The molecule has 0 heterocycles. The monoisotopic (exact) mass is 255 g/mol. The van der Waals surface area contributed by atoms with Crippen LogP contribution in [-0.2, 0) is 9.53 Å². The third-order valence-corrected chi connectivity index (χ3v) is 3.78. The van der Waals surface area contributed by atoms with Gasteiger partial charge in [0.25, 0.3) is 0 Å². The zero-order chi connectivity index (χ0) is 13.4. The Hall–Kier alpha value is -0.870. The summed E-state index contributed by atoms with van der Waals surface area (Å²) in [5.74, 6) is 0.785. The minimum absolute atomic E-state index is 0.242. The van der Waals surface area contributed by atoms with E-state index in [2.05, 4.69) is 5.32 Å². The molecule has 0 aromatic heterocycles. The van der Waals surface area contributed by atoms with E-state index < -0.39 is 0 Å². The number of aliphatic hydroxyl groups is 1. The van der Waals surface area contributed by atoms with E-state index in [4.69, 9.17) is 4.74 Å². The molecule has 4 nitrogen and oxygen atoms in total. The second-order valence-corrected chi connectivity index (χ2v) is 4.87. The maximum atomic E-state index is 11.3. The number of hydrogen-bond acceptors (Lipinski definition) is 4. The Balaban J connectivity index is 2.28. The first-order chi connectivity index (χ1) is 8.72. The SMILES string of the molecule is CCC(=CCNCC1CCCC1CO)C(=O)OC. The van der Waals surface area contributed by atoms with Crippen molar-refractivity contribution in [2.45, 2.75) is 32.6 Å². The largest absolute Gasteiger partial charge is 0.466 e. The molecule has 2 atom stereocenters. The van der Waals surface area contributed by atoms with Gasteiger partial charge in [-0.05, 0) is 37.6 Å². The summed E-state index contributed by atoms with van der Waals surface area (Å²) in [5.41, 5.74) is 0.718. The lowest BCUT2D eigenvalue weighted by atomic mass is 9.97. The van der Waals surface area contributed by atoms with Crippen LogP contribution in [0, 0.1) is 11.8 Å². The predicted molar refractivity (Wildman–Crippen MR) is 71.2 cm³/mol. The smallest absolute Gasteiger partial charge is 0.333 e. The highest BCUT2D eigenvalue weighted by Crippen LogP contribution is 2.30. The van der Waals surface area contributed by atoms with Crippen molar-refractivity contribution in [2.24, 2.45) is 11.8 Å². The summed E-state index contributed by atoms with van der Waals surface area (Å²) >= 11 is 0. The minimum atomic E-state index is -0.242. The first-order valence-electron chi connectivity index (χ1n) is 6.81. The van der Waals surface area contributed by atoms with Gasteiger partial charge < -0.3 is 15.2 Å². The summed E-state index contributed by atoms with van der Waals surface area (Å²) in [4.78, 5) is 11.3. The minimum Gasteiger partial charge on any atom is -0.466 e. The highest BCUT2D eigenvalue weighted by molar-refractivity contribution is 5.88. The zero-order valence-corrected chi connectivity index (χ0v) is 11.4. The summed E-state index contributed by atoms with van der Waals surface area (Å²) in [6.07, 6.45) is 6.14. The quantitative estimate of drug-likeness (QED) is 0.411. The zero-order valence-electron chi connectivity index (χ0n) is 11.4. The van der Waals surface area contributed by atoms with E-state index in [0.717, 1.165) is 18.5 Å². The number of carbonyl (C=O) groups is 1. The second kappa shape index (κ2) is 8.27. The van der Waals surface area contributed by atoms with E-state index in [9.17, 15) is 9.90 Å². The van der Waals surface area contributed by atoms with Gasteiger partial charge in [0.05, 0.1) is 7.11 Å². The first-order valence-corrected chi connectivity index (χ1v) is 6.81. The number of ether oxygens (including phenoxy) is 1. The van der Waals surface area contributed by atoms with Crippen molar-refractivity contribution < 1.29 is 14.6 Å². The van der Waals surface area contributed by atoms with Crippen molar-refractivity contribution in [3.63, 3.8) is 0 Å². The van der Waals surface area contributed by atoms with Crippen molar-refractivity contribution >= 4 is 5.97 Å². The van der Waals surface area contributed by atoms with E-state index in [0.29, 0.717) is 31.4 Å². The Morgan fingerprint density at radius 1 is 1.44 bits per heavy atom. The van der Waals surface area contributed by atoms with Gasteiger partial charge in [-0.25, -0.2) is 4.79 Å². The Kier molecular flexibility index (Phi) is 6.98. The maximum Gasteiger partial charge on any atom is 0.333 e. The fourth-order valence-electron chi connectivity index (χ4n) is 2.59. The lowest BCUT2D eigenvalue weighted by Gasteiger charge is -2.17. The van der Waals surface area contributed by atoms with Crippen LogP contribution >= 0.6 is 0 Å². The predicted octanol–water partition coefficient (Wildman–Crippen LogP) is 1.49. The van der Waals surface area contributed by atoms with E-state index in [1.54, 1.807) is 0 Å². The molecule has 0 aromatic carbocycles. The molecule has 0 amide bonds. The standard InChI is InChI=1S/C14H25NO3/c1-3-11(14(17)18-2)7-8-15-9-12-5-4-6-13(12)10-16/h7,12-13,15-16H,3-6,8-10H2,1-2H3. The van der Waals surface area contributed by atoms with Gasteiger partial charge in [-0.3, -0.25) is 0 Å². The van der Waals surface area contributed by atoms with Gasteiger partial charge in [0.15, 0.2) is 0 Å². The van der Waals surface area contributed by atoms with Crippen LogP contribution in [0.15, 0.2) is 11.6 Å². The fraction of sp³-hybridized carbons (Fsp3) is 0.786. The molecule has 18 heavy (non-hydrogen) atoms. The van der Waals surface area contributed by atoms with Crippen LogP contribution < -0.4 is 5.32 Å². The Morgan fingerprint density at radius 2 is 2.17 bits per heavy atom. The molecule has 1 aliphatic rings. The molecule has 2 N–H and O–H groups in total. The van der Waals surface area contributed by atoms with Crippen LogP contribution in [0.3, 0.4) is 0 Å². The van der Waals surface area contributed by atoms with Crippen molar-refractivity contribution in [1.29, 1.82) is 0 Å². The van der Waals surface area contributed by atoms with Gasteiger partial charge in [-0.1, -0.05) is 19.4 Å². The van der Waals surface area contributed by atoms with Gasteiger partial charge in [0.1, 0.15) is 0 Å². The molecule has 0 aliphatic heterocycles. The number of carbonyl (C=O) groups excluding carboxylic acids is 1. The highest BCUT2D eigenvalue weighted by atomic mass is 16.5. The van der Waals surface area contributed by atoms with Crippen LogP contribution in [0.4, 0.5) is 0 Å². The van der Waals surface area contributed by atoms with Gasteiger partial charge in [0.2, 0.25) is 0 Å². The number of methoxy groups -OCH3 is 1. The summed E-state index contributed by atoms with van der Waals surface area (Å²) in [5, 5.41) is 12.6. The third-order valence-electron chi connectivity index (χ3n) is 3.78. The molecule has 2 unspecified atom stereocenters. The van der Waals surface area contributed by atoms with Crippen LogP contribution in [-0.4, -0.2) is 37.9 Å². The third kappa shape index (κ3) is 4.42. The Bertz CT molecular complexity index is 289. The summed E-state index contributed by atoms with van der Waals surface area (Å²) in [6, 6.07) is 0. The molecule has 104 valence electrons. The van der Waals surface area contributed by atoms with E-state index in [1.807, 2.05) is 13.0 Å². The van der Waals surface area contributed by atoms with Crippen molar-refractivity contribution in [1.82, 2.24) is 5.32 Å². The lowest BCUT2D eigenvalue weighted by Crippen LogP contribution is -2.27. The van der Waals surface area contributed by atoms with Gasteiger partial charge in [-0.15, -0.1) is 0 Å². The fourth-order valence-corrected chi connectivity index (χ4v) is 2.59. The molecule has 1 aliphatic carbocycles. The van der Waals surface area contributed by atoms with Crippen LogP contribution in [0.1, 0.15) is 32.6 Å². The lowest BCUT2D eigenvalue weighted by molar-refractivity contribution is -0.136. The Labute approximate surface area is 109 Å². The van der Waals surface area contributed by atoms with Crippen molar-refractivity contribution in [3.8, 4) is 0 Å². The second-order valence-electron chi connectivity index (χ2n) is 4.87. The van der Waals surface area contributed by atoms with Gasteiger partial charge >= 0.3 is 5.97 Å². The van der Waals surface area contributed by atoms with Gasteiger partial charge in [0, 0.05) is 18.7 Å². The topological polar surface area (TPSA) is 58.6 Å². The van der Waals surface area contributed by atoms with Crippen molar-refractivity contribution in [3.05, 3.63) is 11.6 Å². The number of esters is 1. The molecule has 0 saturated heterocycles. The number of aliphatic hydroxyl groups excluding tert-OH is 1. The molecule has 1 rings (SSSR count). The van der Waals surface area contributed by atoms with Crippen LogP contribution in [0.25, 0.3) is 0 Å². The molecular formula is C14H25NO3. The summed E-state index contributed by atoms with van der Waals surface area (Å²) in [7, 11) is 1.41. The van der Waals surface area contributed by atoms with Crippen molar-refractivity contribution in [2.75, 3.05) is 26.8 Å². The van der Waals surface area contributed by atoms with Gasteiger partial charge in [-0.2, -0.15) is 0 Å². The van der Waals surface area contributed by atoms with E-state index in [1.165, 1.54) is 20.0 Å². The van der Waals surface area contributed by atoms with Crippen LogP contribution in [0.2, 0.25) is 0 Å². The summed E-state index contributed by atoms with van der Waals surface area (Å²) < 4.78 is 4.70. The molecule has 1 fully saturated rings. The Morgan fingerprint density at radius 3 is 2.78 bits per heavy atom. The molecule has 0 bridgehead atoms. The number of rotatable bonds is 7. The molecule has 0 aromatic rings. The first kappa shape index (κ1) is 15.2. The molecular weight excluding hydrogens is 230 g/mol. The normalized spacial score (nSPS) is 24.3. The van der Waals surface area contributed by atoms with E-state index >= 15 is 0 Å². The average Bonchev–Trinajstić information content (AvgIpc) is 2.85. The number of nitrogens with one attached hydrogen (secondary N) is 1. The van der Waals surface area contributed by atoms with E-state index in [-0.39, 0.29) is 5.97 Å².